The van der Waals surface area contributed by atoms with Gasteiger partial charge in [-0.15, -0.1) is 6.58 Å². The molecule has 0 saturated carbocycles. The third kappa shape index (κ3) is 7.54. The van der Waals surface area contributed by atoms with Crippen molar-refractivity contribution in [2.24, 2.45) is 5.92 Å². The fourth-order valence-corrected chi connectivity index (χ4v) is 2.56. The molecular formula is C22H37N. The van der Waals surface area contributed by atoms with Crippen molar-refractivity contribution >= 4 is 0 Å². The summed E-state index contributed by atoms with van der Waals surface area (Å²) in [5.41, 5.74) is 6.72. The van der Waals surface area contributed by atoms with E-state index in [0.717, 1.165) is 19.4 Å². The molecule has 0 fully saturated rings. The molecule has 1 atom stereocenters. The van der Waals surface area contributed by atoms with E-state index in [9.17, 15) is 0 Å². The fourth-order valence-electron chi connectivity index (χ4n) is 2.56. The maximum Gasteiger partial charge on any atom is 0.0140 e. The van der Waals surface area contributed by atoms with E-state index in [2.05, 4.69) is 78.9 Å². The Labute approximate surface area is 145 Å². The lowest BCUT2D eigenvalue weighted by Crippen LogP contribution is -2.11. The molecule has 0 aromatic rings. The highest BCUT2D eigenvalue weighted by Crippen LogP contribution is 2.31. The molecule has 0 aromatic carbocycles. The zero-order chi connectivity index (χ0) is 18.0. The quantitative estimate of drug-likeness (QED) is 0.321. The summed E-state index contributed by atoms with van der Waals surface area (Å²) in [6.45, 7) is 22.3. The van der Waals surface area contributed by atoms with Crippen molar-refractivity contribution in [2.45, 2.75) is 60.8 Å². The Bertz CT molecular complexity index is 484. The third-order valence-corrected chi connectivity index (χ3v) is 4.25. The van der Waals surface area contributed by atoms with Gasteiger partial charge in [0, 0.05) is 25.7 Å². The molecule has 1 heteroatoms. The van der Waals surface area contributed by atoms with E-state index in [-0.39, 0.29) is 0 Å². The van der Waals surface area contributed by atoms with Crippen LogP contribution >= 0.6 is 0 Å². The van der Waals surface area contributed by atoms with E-state index in [1.165, 1.54) is 34.3 Å². The van der Waals surface area contributed by atoms with Gasteiger partial charge in [-0.25, -0.2) is 0 Å². The first-order chi connectivity index (χ1) is 10.8. The Kier molecular flexibility index (Phi) is 10.4. The summed E-state index contributed by atoms with van der Waals surface area (Å²) >= 11 is 0. The van der Waals surface area contributed by atoms with Crippen molar-refractivity contribution in [3.63, 3.8) is 0 Å². The van der Waals surface area contributed by atoms with E-state index >= 15 is 0 Å². The van der Waals surface area contributed by atoms with Gasteiger partial charge in [-0.3, -0.25) is 0 Å². The van der Waals surface area contributed by atoms with Crippen molar-refractivity contribution < 1.29 is 0 Å². The van der Waals surface area contributed by atoms with Gasteiger partial charge in [0.15, 0.2) is 0 Å². The van der Waals surface area contributed by atoms with Crippen molar-refractivity contribution in [1.82, 2.24) is 4.90 Å². The minimum atomic E-state index is 0.335. The summed E-state index contributed by atoms with van der Waals surface area (Å²) in [5.74, 6) is 0.335. The van der Waals surface area contributed by atoms with Crippen LogP contribution in [0.5, 0.6) is 0 Å². The topological polar surface area (TPSA) is 3.24 Å². The molecule has 130 valence electrons. The zero-order valence-electron chi connectivity index (χ0n) is 16.5. The standard InChI is InChI=1S/C22H37N/c1-10-13-14-21(19(8)16-23(9)12-3)22(18(6)7)15-20(11-2)17(4)5/h11,14,16,20H,2,4,10,12-13,15H2,1,3,5-9H3/b19-16-,21-14+. The van der Waals surface area contributed by atoms with Gasteiger partial charge in [0.05, 0.1) is 0 Å². The largest absolute Gasteiger partial charge is 0.380 e. The van der Waals surface area contributed by atoms with Gasteiger partial charge in [0.2, 0.25) is 0 Å². The molecule has 0 amide bonds. The van der Waals surface area contributed by atoms with Crippen molar-refractivity contribution in [3.05, 3.63) is 59.4 Å². The van der Waals surface area contributed by atoms with Crippen molar-refractivity contribution in [2.75, 3.05) is 13.6 Å². The predicted molar refractivity (Wildman–Crippen MR) is 107 cm³/mol. The van der Waals surface area contributed by atoms with Crippen molar-refractivity contribution in [3.8, 4) is 0 Å². The average Bonchev–Trinajstić information content (AvgIpc) is 2.49. The number of nitrogens with zero attached hydrogens (tertiary/aromatic N) is 1. The van der Waals surface area contributed by atoms with E-state index in [0.29, 0.717) is 5.92 Å². The Balaban J connectivity index is 5.81. The summed E-state index contributed by atoms with van der Waals surface area (Å²) in [7, 11) is 2.13. The Morgan fingerprint density at radius 2 is 1.74 bits per heavy atom. The van der Waals surface area contributed by atoms with Gasteiger partial charge in [0.25, 0.3) is 0 Å². The number of rotatable bonds is 10. The number of hydrogen-bond acceptors (Lipinski definition) is 1. The third-order valence-electron chi connectivity index (χ3n) is 4.25. The predicted octanol–water partition coefficient (Wildman–Crippen LogP) is 6.67. The Morgan fingerprint density at radius 1 is 1.13 bits per heavy atom. The number of allylic oxidation sites excluding steroid dienone is 7. The first-order valence-corrected chi connectivity index (χ1v) is 8.82. The SMILES string of the molecule is C=CC(CC(=C(C)C)C(=C/CCC)/C(C)=C\N(C)CC)C(=C)C. The molecule has 1 nitrogen and oxygen atoms in total. The minimum absolute atomic E-state index is 0.335. The Morgan fingerprint density at radius 3 is 2.13 bits per heavy atom. The summed E-state index contributed by atoms with van der Waals surface area (Å²) in [4.78, 5) is 2.24. The zero-order valence-corrected chi connectivity index (χ0v) is 16.5. The summed E-state index contributed by atoms with van der Waals surface area (Å²) in [6, 6.07) is 0. The van der Waals surface area contributed by atoms with Crippen LogP contribution < -0.4 is 0 Å². The molecule has 0 spiro atoms. The second-order valence-corrected chi connectivity index (χ2v) is 6.66. The van der Waals surface area contributed by atoms with Crippen LogP contribution in [0.15, 0.2) is 59.4 Å². The lowest BCUT2D eigenvalue weighted by molar-refractivity contribution is 0.480. The molecular weight excluding hydrogens is 278 g/mol. The molecule has 0 rings (SSSR count). The minimum Gasteiger partial charge on any atom is -0.380 e. The van der Waals surface area contributed by atoms with E-state index < -0.39 is 0 Å². The fraction of sp³-hybridized carbons (Fsp3) is 0.545. The number of unbranched alkanes of at least 4 members (excludes halogenated alkanes) is 1. The maximum absolute atomic E-state index is 4.13. The highest BCUT2D eigenvalue weighted by molar-refractivity contribution is 5.48. The number of hydrogen-bond donors (Lipinski definition) is 0. The molecule has 0 heterocycles. The molecule has 0 N–H and O–H groups in total. The first kappa shape index (κ1) is 21.5. The molecule has 0 aliphatic carbocycles. The smallest absolute Gasteiger partial charge is 0.0140 e. The molecule has 0 aliphatic heterocycles. The van der Waals surface area contributed by atoms with Gasteiger partial charge in [0.1, 0.15) is 0 Å². The maximum atomic E-state index is 4.13. The van der Waals surface area contributed by atoms with Crippen LogP contribution in [0.4, 0.5) is 0 Å². The second kappa shape index (κ2) is 11.1. The van der Waals surface area contributed by atoms with Gasteiger partial charge < -0.3 is 4.90 Å². The molecule has 23 heavy (non-hydrogen) atoms. The van der Waals surface area contributed by atoms with Gasteiger partial charge in [-0.05, 0) is 64.2 Å². The molecule has 0 bridgehead atoms. The van der Waals surface area contributed by atoms with Crippen LogP contribution in [0, 0.1) is 5.92 Å². The van der Waals surface area contributed by atoms with Gasteiger partial charge in [-0.2, -0.15) is 0 Å². The van der Waals surface area contributed by atoms with Gasteiger partial charge in [-0.1, -0.05) is 43.2 Å². The van der Waals surface area contributed by atoms with Crippen LogP contribution in [0.1, 0.15) is 60.8 Å². The van der Waals surface area contributed by atoms with Crippen LogP contribution in [0.3, 0.4) is 0 Å². The van der Waals surface area contributed by atoms with Crippen LogP contribution in [0.25, 0.3) is 0 Å². The monoisotopic (exact) mass is 315 g/mol. The first-order valence-electron chi connectivity index (χ1n) is 8.82. The van der Waals surface area contributed by atoms with E-state index in [1.807, 2.05) is 6.08 Å². The highest BCUT2D eigenvalue weighted by Gasteiger charge is 2.15. The Hall–Kier alpha value is -1.50. The van der Waals surface area contributed by atoms with E-state index in [4.69, 9.17) is 0 Å². The summed E-state index contributed by atoms with van der Waals surface area (Å²) in [5, 5.41) is 0. The normalized spacial score (nSPS) is 13.5. The van der Waals surface area contributed by atoms with Crippen LogP contribution in [-0.4, -0.2) is 18.5 Å². The molecule has 0 aromatic heterocycles. The van der Waals surface area contributed by atoms with Gasteiger partial charge >= 0.3 is 0 Å². The lowest BCUT2D eigenvalue weighted by Gasteiger charge is -2.22. The van der Waals surface area contributed by atoms with Crippen molar-refractivity contribution in [1.29, 1.82) is 0 Å². The summed E-state index contributed by atoms with van der Waals surface area (Å²) < 4.78 is 0. The van der Waals surface area contributed by atoms with E-state index in [1.54, 1.807) is 0 Å². The van der Waals surface area contributed by atoms with Crippen LogP contribution in [-0.2, 0) is 0 Å². The highest BCUT2D eigenvalue weighted by atomic mass is 15.1. The molecule has 1 unspecified atom stereocenters. The summed E-state index contributed by atoms with van der Waals surface area (Å²) in [6.07, 6.45) is 9.95. The van der Waals surface area contributed by atoms with Crippen LogP contribution in [0.2, 0.25) is 0 Å². The lowest BCUT2D eigenvalue weighted by atomic mass is 9.85. The average molecular weight is 316 g/mol. The molecule has 0 radical (unpaired) electrons. The molecule has 0 saturated heterocycles. The second-order valence-electron chi connectivity index (χ2n) is 6.66. The molecule has 0 aliphatic rings.